The van der Waals surface area contributed by atoms with Crippen LogP contribution in [0.1, 0.15) is 22.0 Å². The molecule has 1 aromatic carbocycles. The predicted octanol–water partition coefficient (Wildman–Crippen LogP) is 3.60. The van der Waals surface area contributed by atoms with E-state index in [0.717, 1.165) is 20.3 Å². The van der Waals surface area contributed by atoms with Gasteiger partial charge < -0.3 is 0 Å². The summed E-state index contributed by atoms with van der Waals surface area (Å²) < 4.78 is 14.0. The van der Waals surface area contributed by atoms with Crippen molar-refractivity contribution in [1.82, 2.24) is 5.43 Å². The Kier molecular flexibility index (Phi) is 4.35. The van der Waals surface area contributed by atoms with Gasteiger partial charge in [0.2, 0.25) is 0 Å². The highest BCUT2D eigenvalue weighted by atomic mass is 35.5. The topological polar surface area (TPSA) is 38.0 Å². The summed E-state index contributed by atoms with van der Waals surface area (Å²) in [4.78, 5) is 1.05. The molecule has 96 valence electrons. The summed E-state index contributed by atoms with van der Waals surface area (Å²) in [6.45, 7) is 1.96. The van der Waals surface area contributed by atoms with E-state index < -0.39 is 0 Å². The van der Waals surface area contributed by atoms with Crippen molar-refractivity contribution in [3.05, 3.63) is 56.5 Å². The monoisotopic (exact) mass is 284 g/mol. The van der Waals surface area contributed by atoms with Gasteiger partial charge in [-0.05, 0) is 48.7 Å². The number of thiophene rings is 1. The van der Waals surface area contributed by atoms with E-state index in [4.69, 9.17) is 17.4 Å². The number of nitrogens with one attached hydrogen (secondary N) is 1. The van der Waals surface area contributed by atoms with Gasteiger partial charge in [0.1, 0.15) is 5.82 Å². The second-order valence-electron chi connectivity index (χ2n) is 4.14. The summed E-state index contributed by atoms with van der Waals surface area (Å²) >= 11 is 7.39. The SMILES string of the molecule is Cc1ccc(F)cc1CC(NN)c1ccc(Cl)s1. The van der Waals surface area contributed by atoms with Crippen LogP contribution in [0.25, 0.3) is 0 Å². The Morgan fingerprint density at radius 1 is 1.39 bits per heavy atom. The Morgan fingerprint density at radius 3 is 2.78 bits per heavy atom. The van der Waals surface area contributed by atoms with Crippen LogP contribution in [-0.4, -0.2) is 0 Å². The summed E-state index contributed by atoms with van der Waals surface area (Å²) in [7, 11) is 0. The van der Waals surface area contributed by atoms with Gasteiger partial charge in [0.05, 0.1) is 10.4 Å². The second-order valence-corrected chi connectivity index (χ2v) is 5.88. The first-order chi connectivity index (χ1) is 8.60. The lowest BCUT2D eigenvalue weighted by Gasteiger charge is -2.15. The van der Waals surface area contributed by atoms with Gasteiger partial charge in [-0.2, -0.15) is 0 Å². The quantitative estimate of drug-likeness (QED) is 0.665. The third-order valence-electron chi connectivity index (χ3n) is 2.87. The van der Waals surface area contributed by atoms with Crippen LogP contribution in [0.2, 0.25) is 4.34 Å². The highest BCUT2D eigenvalue weighted by molar-refractivity contribution is 7.16. The zero-order valence-electron chi connectivity index (χ0n) is 9.91. The van der Waals surface area contributed by atoms with Crippen molar-refractivity contribution in [2.45, 2.75) is 19.4 Å². The summed E-state index contributed by atoms with van der Waals surface area (Å²) in [6.07, 6.45) is 0.636. The summed E-state index contributed by atoms with van der Waals surface area (Å²) in [5.74, 6) is 5.34. The van der Waals surface area contributed by atoms with E-state index in [-0.39, 0.29) is 11.9 Å². The van der Waals surface area contributed by atoms with Crippen molar-refractivity contribution in [3.8, 4) is 0 Å². The molecule has 0 amide bonds. The molecule has 0 aliphatic carbocycles. The lowest BCUT2D eigenvalue weighted by atomic mass is 10.0. The molecule has 0 aliphatic heterocycles. The van der Waals surface area contributed by atoms with Crippen LogP contribution >= 0.6 is 22.9 Å². The fourth-order valence-corrected chi connectivity index (χ4v) is 2.96. The van der Waals surface area contributed by atoms with Gasteiger partial charge in [-0.3, -0.25) is 11.3 Å². The van der Waals surface area contributed by atoms with Gasteiger partial charge in [0.15, 0.2) is 0 Å². The number of rotatable bonds is 4. The Hall–Kier alpha value is -0.940. The van der Waals surface area contributed by atoms with E-state index in [9.17, 15) is 4.39 Å². The number of hydrogen-bond donors (Lipinski definition) is 2. The zero-order chi connectivity index (χ0) is 13.1. The normalized spacial score (nSPS) is 12.7. The minimum absolute atomic E-state index is 0.0528. The molecule has 0 aliphatic rings. The molecule has 0 saturated carbocycles. The maximum absolute atomic E-state index is 13.2. The molecule has 0 radical (unpaired) electrons. The molecular formula is C13H14ClFN2S. The van der Waals surface area contributed by atoms with Crippen molar-refractivity contribution in [3.63, 3.8) is 0 Å². The Balaban J connectivity index is 2.22. The lowest BCUT2D eigenvalue weighted by molar-refractivity contribution is 0.555. The Morgan fingerprint density at radius 2 is 2.17 bits per heavy atom. The van der Waals surface area contributed by atoms with Gasteiger partial charge in [-0.25, -0.2) is 4.39 Å². The average molecular weight is 285 g/mol. The van der Waals surface area contributed by atoms with Crippen LogP contribution < -0.4 is 11.3 Å². The minimum Gasteiger partial charge on any atom is -0.271 e. The average Bonchev–Trinajstić information content (AvgIpc) is 2.77. The van der Waals surface area contributed by atoms with Crippen molar-refractivity contribution >= 4 is 22.9 Å². The first kappa shape index (κ1) is 13.5. The summed E-state index contributed by atoms with van der Waals surface area (Å²) in [6, 6.07) is 8.51. The molecule has 1 heterocycles. The van der Waals surface area contributed by atoms with Crippen molar-refractivity contribution < 1.29 is 4.39 Å². The largest absolute Gasteiger partial charge is 0.271 e. The van der Waals surface area contributed by atoms with Gasteiger partial charge in [0, 0.05) is 4.88 Å². The van der Waals surface area contributed by atoms with Gasteiger partial charge >= 0.3 is 0 Å². The number of halogens is 2. The van der Waals surface area contributed by atoms with Crippen molar-refractivity contribution in [2.24, 2.45) is 5.84 Å². The maximum atomic E-state index is 13.2. The predicted molar refractivity (Wildman–Crippen MR) is 74.2 cm³/mol. The molecule has 18 heavy (non-hydrogen) atoms. The molecule has 1 aromatic heterocycles. The number of aryl methyl sites for hydroxylation is 1. The molecule has 1 atom stereocenters. The number of hydrazine groups is 1. The lowest BCUT2D eigenvalue weighted by Crippen LogP contribution is -2.29. The fourth-order valence-electron chi connectivity index (χ4n) is 1.84. The Labute approximate surface area is 115 Å². The molecule has 0 bridgehead atoms. The molecule has 2 rings (SSSR count). The molecule has 0 fully saturated rings. The van der Waals surface area contributed by atoms with Crippen LogP contribution in [0.3, 0.4) is 0 Å². The van der Waals surface area contributed by atoms with E-state index in [2.05, 4.69) is 5.43 Å². The second kappa shape index (κ2) is 5.80. The van der Waals surface area contributed by atoms with Crippen LogP contribution in [0, 0.1) is 12.7 Å². The van der Waals surface area contributed by atoms with Crippen LogP contribution in [0.15, 0.2) is 30.3 Å². The molecular weight excluding hydrogens is 271 g/mol. The minimum atomic E-state index is -0.226. The fraction of sp³-hybridized carbons (Fsp3) is 0.231. The maximum Gasteiger partial charge on any atom is 0.123 e. The highest BCUT2D eigenvalue weighted by Crippen LogP contribution is 2.29. The molecule has 0 spiro atoms. The van der Waals surface area contributed by atoms with E-state index >= 15 is 0 Å². The van der Waals surface area contributed by atoms with E-state index in [1.54, 1.807) is 12.1 Å². The van der Waals surface area contributed by atoms with Crippen LogP contribution in [-0.2, 0) is 6.42 Å². The molecule has 5 heteroatoms. The van der Waals surface area contributed by atoms with Crippen molar-refractivity contribution in [2.75, 3.05) is 0 Å². The summed E-state index contributed by atoms with van der Waals surface area (Å²) in [5.41, 5.74) is 4.76. The molecule has 1 unspecified atom stereocenters. The zero-order valence-corrected chi connectivity index (χ0v) is 11.5. The number of nitrogens with two attached hydrogens (primary N) is 1. The van der Waals surface area contributed by atoms with Crippen LogP contribution in [0.5, 0.6) is 0 Å². The van der Waals surface area contributed by atoms with E-state index in [0.29, 0.717) is 6.42 Å². The van der Waals surface area contributed by atoms with Gasteiger partial charge in [-0.1, -0.05) is 17.7 Å². The van der Waals surface area contributed by atoms with E-state index in [1.165, 1.54) is 17.4 Å². The number of hydrogen-bond acceptors (Lipinski definition) is 3. The van der Waals surface area contributed by atoms with Gasteiger partial charge in [-0.15, -0.1) is 11.3 Å². The van der Waals surface area contributed by atoms with Crippen LogP contribution in [0.4, 0.5) is 4.39 Å². The third-order valence-corrected chi connectivity index (χ3v) is 4.22. The highest BCUT2D eigenvalue weighted by Gasteiger charge is 2.14. The molecule has 2 nitrogen and oxygen atoms in total. The third kappa shape index (κ3) is 3.09. The summed E-state index contributed by atoms with van der Waals surface area (Å²) in [5, 5.41) is 0. The van der Waals surface area contributed by atoms with Crippen molar-refractivity contribution in [1.29, 1.82) is 0 Å². The number of benzene rings is 1. The van der Waals surface area contributed by atoms with E-state index in [1.807, 2.05) is 19.1 Å². The molecule has 0 saturated heterocycles. The van der Waals surface area contributed by atoms with Gasteiger partial charge in [0.25, 0.3) is 0 Å². The first-order valence-electron chi connectivity index (χ1n) is 5.56. The Bertz CT molecular complexity index is 542. The molecule has 3 N–H and O–H groups in total. The molecule has 2 aromatic rings. The smallest absolute Gasteiger partial charge is 0.123 e. The first-order valence-corrected chi connectivity index (χ1v) is 6.76. The standard InChI is InChI=1S/C13H14ClFN2S/c1-8-2-3-10(15)6-9(8)7-11(17-16)12-4-5-13(14)18-12/h2-6,11,17H,7,16H2,1H3.